The second-order valence-corrected chi connectivity index (χ2v) is 7.11. The van der Waals surface area contributed by atoms with Crippen molar-refractivity contribution in [3.05, 3.63) is 81.8 Å². The molecule has 0 fully saturated rings. The van der Waals surface area contributed by atoms with Gasteiger partial charge in [0, 0.05) is 4.47 Å². The van der Waals surface area contributed by atoms with Gasteiger partial charge in [-0.05, 0) is 48.0 Å². The molecule has 3 aromatic rings. The van der Waals surface area contributed by atoms with Crippen LogP contribution in [-0.4, -0.2) is 26.5 Å². The predicted molar refractivity (Wildman–Crippen MR) is 115 cm³/mol. The standard InChI is InChI=1S/C23H19BrO6/c1-27-18-8-6-15(7-9-18)14-29-21-4-3-5-22(20(21)13-25)30-19-11-16(23(26)28-2)10-17(24)12-19/h3-13H,14H2,1-2H3. The van der Waals surface area contributed by atoms with Gasteiger partial charge < -0.3 is 18.9 Å². The van der Waals surface area contributed by atoms with Crippen molar-refractivity contribution in [3.8, 4) is 23.0 Å². The molecular formula is C23H19BrO6. The molecule has 3 aromatic carbocycles. The maximum atomic E-state index is 11.8. The predicted octanol–water partition coefficient (Wildman–Crippen LogP) is 5.43. The van der Waals surface area contributed by atoms with Gasteiger partial charge in [0.15, 0.2) is 6.29 Å². The summed E-state index contributed by atoms with van der Waals surface area (Å²) in [4.78, 5) is 23.6. The van der Waals surface area contributed by atoms with Crippen LogP contribution in [0.5, 0.6) is 23.0 Å². The molecule has 0 bridgehead atoms. The molecule has 0 saturated carbocycles. The Kier molecular flexibility index (Phi) is 7.08. The van der Waals surface area contributed by atoms with Crippen LogP contribution in [0.3, 0.4) is 0 Å². The lowest BCUT2D eigenvalue weighted by molar-refractivity contribution is 0.0600. The van der Waals surface area contributed by atoms with Gasteiger partial charge >= 0.3 is 5.97 Å². The minimum Gasteiger partial charge on any atom is -0.497 e. The number of hydrogen-bond acceptors (Lipinski definition) is 6. The largest absolute Gasteiger partial charge is 0.497 e. The topological polar surface area (TPSA) is 71.1 Å². The van der Waals surface area contributed by atoms with Crippen LogP contribution >= 0.6 is 15.9 Å². The molecule has 0 saturated heterocycles. The van der Waals surface area contributed by atoms with Gasteiger partial charge in [0.25, 0.3) is 0 Å². The third kappa shape index (κ3) is 5.18. The van der Waals surface area contributed by atoms with Crippen molar-refractivity contribution in [2.75, 3.05) is 14.2 Å². The molecule has 0 aliphatic heterocycles. The number of methoxy groups -OCH3 is 2. The van der Waals surface area contributed by atoms with Crippen LogP contribution in [0.4, 0.5) is 0 Å². The van der Waals surface area contributed by atoms with Gasteiger partial charge in [-0.25, -0.2) is 4.79 Å². The van der Waals surface area contributed by atoms with Gasteiger partial charge in [-0.3, -0.25) is 4.79 Å². The van der Waals surface area contributed by atoms with Gasteiger partial charge in [0.05, 0.1) is 25.3 Å². The van der Waals surface area contributed by atoms with E-state index in [-0.39, 0.29) is 12.2 Å². The number of ether oxygens (including phenoxy) is 4. The average molecular weight is 471 g/mol. The molecule has 0 radical (unpaired) electrons. The summed E-state index contributed by atoms with van der Waals surface area (Å²) in [5.41, 5.74) is 1.51. The molecule has 0 aliphatic rings. The second kappa shape index (κ2) is 9.93. The van der Waals surface area contributed by atoms with Crippen LogP contribution in [0.2, 0.25) is 0 Å². The molecule has 6 nitrogen and oxygen atoms in total. The van der Waals surface area contributed by atoms with Crippen LogP contribution < -0.4 is 14.2 Å². The first-order valence-corrected chi connectivity index (χ1v) is 9.74. The zero-order valence-corrected chi connectivity index (χ0v) is 18.0. The summed E-state index contributed by atoms with van der Waals surface area (Å²) in [6.45, 7) is 0.275. The number of rotatable bonds is 8. The SMILES string of the molecule is COC(=O)c1cc(Br)cc(Oc2cccc(OCc3ccc(OC)cc3)c2C=O)c1. The number of esters is 1. The average Bonchev–Trinajstić information content (AvgIpc) is 2.77. The molecule has 30 heavy (non-hydrogen) atoms. The van der Waals surface area contributed by atoms with E-state index >= 15 is 0 Å². The van der Waals surface area contributed by atoms with Gasteiger partial charge in [-0.15, -0.1) is 0 Å². The number of halogens is 1. The highest BCUT2D eigenvalue weighted by Gasteiger charge is 2.14. The highest BCUT2D eigenvalue weighted by atomic mass is 79.9. The molecule has 0 atom stereocenters. The third-order valence-electron chi connectivity index (χ3n) is 4.22. The number of aldehydes is 1. The fraction of sp³-hybridized carbons (Fsp3) is 0.130. The number of hydrogen-bond donors (Lipinski definition) is 0. The van der Waals surface area contributed by atoms with Crippen LogP contribution in [0, 0.1) is 0 Å². The highest BCUT2D eigenvalue weighted by molar-refractivity contribution is 9.10. The first-order valence-electron chi connectivity index (χ1n) is 8.94. The molecule has 0 N–H and O–H groups in total. The van der Waals surface area contributed by atoms with E-state index in [4.69, 9.17) is 18.9 Å². The summed E-state index contributed by atoms with van der Waals surface area (Å²) < 4.78 is 22.2. The Morgan fingerprint density at radius 3 is 2.37 bits per heavy atom. The Bertz CT molecular complexity index is 1050. The van der Waals surface area contributed by atoms with Crippen molar-refractivity contribution in [2.24, 2.45) is 0 Å². The summed E-state index contributed by atoms with van der Waals surface area (Å²) >= 11 is 3.34. The quantitative estimate of drug-likeness (QED) is 0.323. The van der Waals surface area contributed by atoms with Crippen LogP contribution in [0.25, 0.3) is 0 Å². The molecule has 0 amide bonds. The number of benzene rings is 3. The summed E-state index contributed by atoms with van der Waals surface area (Å²) in [5, 5.41) is 0. The number of carbonyl (C=O) groups is 2. The van der Waals surface area contributed by atoms with Crippen molar-refractivity contribution in [1.29, 1.82) is 0 Å². The van der Waals surface area contributed by atoms with E-state index in [1.165, 1.54) is 13.2 Å². The van der Waals surface area contributed by atoms with Crippen molar-refractivity contribution in [1.82, 2.24) is 0 Å². The third-order valence-corrected chi connectivity index (χ3v) is 4.68. The van der Waals surface area contributed by atoms with Crippen molar-refractivity contribution >= 4 is 28.2 Å². The van der Waals surface area contributed by atoms with Gasteiger partial charge in [0.2, 0.25) is 0 Å². The smallest absolute Gasteiger partial charge is 0.338 e. The molecule has 0 aromatic heterocycles. The van der Waals surface area contributed by atoms with Gasteiger partial charge in [0.1, 0.15) is 29.6 Å². The Labute approximate surface area is 182 Å². The van der Waals surface area contributed by atoms with E-state index in [2.05, 4.69) is 15.9 Å². The first kappa shape index (κ1) is 21.4. The Morgan fingerprint density at radius 1 is 0.967 bits per heavy atom. The first-order chi connectivity index (χ1) is 14.5. The normalized spacial score (nSPS) is 10.2. The molecule has 0 unspecified atom stereocenters. The van der Waals surface area contributed by atoms with Crippen molar-refractivity contribution < 1.29 is 28.5 Å². The molecule has 0 spiro atoms. The van der Waals surface area contributed by atoms with Crippen LogP contribution in [0.15, 0.2) is 65.1 Å². The lowest BCUT2D eigenvalue weighted by Crippen LogP contribution is -2.02. The van der Waals surface area contributed by atoms with Crippen LogP contribution in [0.1, 0.15) is 26.3 Å². The zero-order valence-electron chi connectivity index (χ0n) is 16.4. The maximum Gasteiger partial charge on any atom is 0.338 e. The monoisotopic (exact) mass is 470 g/mol. The van der Waals surface area contributed by atoms with Crippen molar-refractivity contribution in [3.63, 3.8) is 0 Å². The lowest BCUT2D eigenvalue weighted by atomic mass is 10.2. The fourth-order valence-corrected chi connectivity index (χ4v) is 3.19. The summed E-state index contributed by atoms with van der Waals surface area (Å²) in [7, 11) is 2.91. The minimum absolute atomic E-state index is 0.269. The maximum absolute atomic E-state index is 11.8. The fourth-order valence-electron chi connectivity index (χ4n) is 2.72. The molecule has 0 aliphatic carbocycles. The van der Waals surface area contributed by atoms with Crippen molar-refractivity contribution in [2.45, 2.75) is 6.61 Å². The van der Waals surface area contributed by atoms with E-state index in [9.17, 15) is 9.59 Å². The summed E-state index contributed by atoms with van der Waals surface area (Å²) in [5.74, 6) is 1.34. The van der Waals surface area contributed by atoms with Gasteiger partial charge in [-0.2, -0.15) is 0 Å². The number of carbonyl (C=O) groups excluding carboxylic acids is 2. The second-order valence-electron chi connectivity index (χ2n) is 6.19. The van der Waals surface area contributed by atoms with E-state index in [1.54, 1.807) is 37.4 Å². The molecule has 154 valence electrons. The zero-order chi connectivity index (χ0) is 21.5. The summed E-state index contributed by atoms with van der Waals surface area (Å²) in [6, 6.07) is 17.4. The highest BCUT2D eigenvalue weighted by Crippen LogP contribution is 2.33. The molecule has 7 heteroatoms. The van der Waals surface area contributed by atoms with Crippen LogP contribution in [-0.2, 0) is 11.3 Å². The summed E-state index contributed by atoms with van der Waals surface area (Å²) in [6.07, 6.45) is 0.678. The molecule has 0 heterocycles. The van der Waals surface area contributed by atoms with E-state index in [1.807, 2.05) is 24.3 Å². The molecule has 3 rings (SSSR count). The lowest BCUT2D eigenvalue weighted by Gasteiger charge is -2.14. The Morgan fingerprint density at radius 2 is 1.70 bits per heavy atom. The minimum atomic E-state index is -0.492. The van der Waals surface area contributed by atoms with E-state index in [0.29, 0.717) is 33.6 Å². The van der Waals surface area contributed by atoms with Gasteiger partial charge in [-0.1, -0.05) is 34.1 Å². The Hall–Kier alpha value is -3.32. The Balaban J connectivity index is 1.82. The van der Waals surface area contributed by atoms with E-state index < -0.39 is 5.97 Å². The van der Waals surface area contributed by atoms with E-state index in [0.717, 1.165) is 11.3 Å². The molecular weight excluding hydrogens is 452 g/mol.